The van der Waals surface area contributed by atoms with E-state index in [0.29, 0.717) is 6.42 Å². The molecule has 1 saturated carbocycles. The number of benzene rings is 1. The third-order valence-corrected chi connectivity index (χ3v) is 5.16. The van der Waals surface area contributed by atoms with Crippen molar-refractivity contribution in [3.05, 3.63) is 30.3 Å². The molecule has 3 rings (SSSR count). The average Bonchev–Trinajstić information content (AvgIpc) is 3.43. The molecule has 1 heterocycles. The molecule has 0 aromatic heterocycles. The van der Waals surface area contributed by atoms with Crippen LogP contribution in [0.4, 0.5) is 5.69 Å². The Morgan fingerprint density at radius 2 is 1.79 bits per heavy atom. The third kappa shape index (κ3) is 3.71. The second-order valence-electron chi connectivity index (χ2n) is 6.91. The number of nitrogens with zero attached hydrogens (tertiary/aromatic N) is 2. The zero-order chi connectivity index (χ0) is 17.1. The fraction of sp³-hybridized carbons (Fsp3) is 0.579. The Labute approximate surface area is 144 Å². The van der Waals surface area contributed by atoms with Crippen LogP contribution in [-0.2, 0) is 9.59 Å². The Morgan fingerprint density at radius 3 is 2.42 bits per heavy atom. The van der Waals surface area contributed by atoms with Crippen molar-refractivity contribution >= 4 is 17.5 Å². The number of para-hydroxylation sites is 1. The van der Waals surface area contributed by atoms with Crippen LogP contribution < -0.4 is 10.2 Å². The second kappa shape index (κ2) is 7.24. The SMILES string of the molecule is CCC(C)NC(=O)C1CC1C(=O)N1CCN(c2ccccc2)CC1. The van der Waals surface area contributed by atoms with Gasteiger partial charge in [-0.25, -0.2) is 0 Å². The van der Waals surface area contributed by atoms with E-state index in [1.54, 1.807) is 0 Å². The Kier molecular flexibility index (Phi) is 5.07. The maximum atomic E-state index is 12.6. The molecule has 1 N–H and O–H groups in total. The summed E-state index contributed by atoms with van der Waals surface area (Å²) in [5.41, 5.74) is 1.21. The molecular weight excluding hydrogens is 302 g/mol. The first kappa shape index (κ1) is 16.8. The first-order valence-electron chi connectivity index (χ1n) is 8.99. The van der Waals surface area contributed by atoms with Gasteiger partial charge in [0.05, 0.1) is 11.8 Å². The molecule has 5 nitrogen and oxygen atoms in total. The van der Waals surface area contributed by atoms with Gasteiger partial charge in [0.15, 0.2) is 0 Å². The highest BCUT2D eigenvalue weighted by Crippen LogP contribution is 2.40. The molecule has 3 atom stereocenters. The molecular formula is C19H27N3O2. The Hall–Kier alpha value is -2.04. The number of amides is 2. The van der Waals surface area contributed by atoms with E-state index in [1.807, 2.05) is 36.9 Å². The van der Waals surface area contributed by atoms with Gasteiger partial charge in [-0.1, -0.05) is 25.1 Å². The Morgan fingerprint density at radius 1 is 1.12 bits per heavy atom. The normalized spacial score (nSPS) is 24.4. The molecule has 3 unspecified atom stereocenters. The zero-order valence-corrected chi connectivity index (χ0v) is 14.6. The molecule has 1 aliphatic heterocycles. The lowest BCUT2D eigenvalue weighted by Crippen LogP contribution is -2.49. The van der Waals surface area contributed by atoms with E-state index in [9.17, 15) is 9.59 Å². The maximum absolute atomic E-state index is 12.6. The van der Waals surface area contributed by atoms with Crippen LogP contribution in [-0.4, -0.2) is 48.9 Å². The van der Waals surface area contributed by atoms with Gasteiger partial charge in [-0.05, 0) is 31.9 Å². The van der Waals surface area contributed by atoms with Crippen molar-refractivity contribution in [2.75, 3.05) is 31.1 Å². The quantitative estimate of drug-likeness (QED) is 0.897. The van der Waals surface area contributed by atoms with E-state index in [0.717, 1.165) is 32.6 Å². The Bertz CT molecular complexity index is 582. The van der Waals surface area contributed by atoms with Crippen LogP contribution >= 0.6 is 0 Å². The van der Waals surface area contributed by atoms with Crippen molar-refractivity contribution in [3.8, 4) is 0 Å². The van der Waals surface area contributed by atoms with Crippen molar-refractivity contribution in [1.82, 2.24) is 10.2 Å². The summed E-state index contributed by atoms with van der Waals surface area (Å²) < 4.78 is 0. The zero-order valence-electron chi connectivity index (χ0n) is 14.6. The van der Waals surface area contributed by atoms with Gasteiger partial charge in [0.2, 0.25) is 11.8 Å². The van der Waals surface area contributed by atoms with Crippen molar-refractivity contribution < 1.29 is 9.59 Å². The monoisotopic (exact) mass is 329 g/mol. The van der Waals surface area contributed by atoms with Gasteiger partial charge in [0, 0.05) is 37.9 Å². The van der Waals surface area contributed by atoms with Crippen LogP contribution in [0.25, 0.3) is 0 Å². The highest BCUT2D eigenvalue weighted by Gasteiger charge is 2.49. The van der Waals surface area contributed by atoms with E-state index in [1.165, 1.54) is 5.69 Å². The number of hydrogen-bond donors (Lipinski definition) is 1. The van der Waals surface area contributed by atoms with Gasteiger partial charge < -0.3 is 15.1 Å². The molecule has 2 aliphatic rings. The molecule has 1 aliphatic carbocycles. The summed E-state index contributed by atoms with van der Waals surface area (Å²) in [6, 6.07) is 10.5. The van der Waals surface area contributed by atoms with E-state index < -0.39 is 0 Å². The van der Waals surface area contributed by atoms with Crippen LogP contribution in [0, 0.1) is 11.8 Å². The van der Waals surface area contributed by atoms with Crippen LogP contribution in [0.1, 0.15) is 26.7 Å². The van der Waals surface area contributed by atoms with Crippen LogP contribution in [0.15, 0.2) is 30.3 Å². The predicted octanol–water partition coefficient (Wildman–Crippen LogP) is 1.89. The lowest BCUT2D eigenvalue weighted by atomic mass is 10.2. The van der Waals surface area contributed by atoms with Gasteiger partial charge in [0.1, 0.15) is 0 Å². The van der Waals surface area contributed by atoms with Crippen LogP contribution in [0.5, 0.6) is 0 Å². The number of carbonyl (C=O) groups is 2. The first-order chi connectivity index (χ1) is 11.6. The largest absolute Gasteiger partial charge is 0.368 e. The van der Waals surface area contributed by atoms with Gasteiger partial charge in [-0.3, -0.25) is 9.59 Å². The summed E-state index contributed by atoms with van der Waals surface area (Å²) in [7, 11) is 0. The molecule has 1 aromatic carbocycles. The summed E-state index contributed by atoms with van der Waals surface area (Å²) in [6.07, 6.45) is 1.62. The number of piperazine rings is 1. The van der Waals surface area contributed by atoms with E-state index >= 15 is 0 Å². The van der Waals surface area contributed by atoms with Crippen molar-refractivity contribution in [1.29, 1.82) is 0 Å². The molecule has 0 radical (unpaired) electrons. The summed E-state index contributed by atoms with van der Waals surface area (Å²) >= 11 is 0. The standard InChI is InChI=1S/C19H27N3O2/c1-3-14(2)20-18(23)16-13-17(16)19(24)22-11-9-21(10-12-22)15-7-5-4-6-8-15/h4-8,14,16-17H,3,9-13H2,1-2H3,(H,20,23). The predicted molar refractivity (Wildman–Crippen MR) is 94.7 cm³/mol. The maximum Gasteiger partial charge on any atom is 0.226 e. The minimum Gasteiger partial charge on any atom is -0.368 e. The number of rotatable bonds is 5. The van der Waals surface area contributed by atoms with Crippen LogP contribution in [0.2, 0.25) is 0 Å². The molecule has 130 valence electrons. The molecule has 0 spiro atoms. The number of carbonyl (C=O) groups excluding carboxylic acids is 2. The molecule has 2 fully saturated rings. The highest BCUT2D eigenvalue weighted by atomic mass is 16.2. The molecule has 0 bridgehead atoms. The smallest absolute Gasteiger partial charge is 0.226 e. The van der Waals surface area contributed by atoms with Crippen molar-refractivity contribution in [3.63, 3.8) is 0 Å². The summed E-state index contributed by atoms with van der Waals surface area (Å²) in [5.74, 6) is -0.00591. The van der Waals surface area contributed by atoms with Crippen molar-refractivity contribution in [2.45, 2.75) is 32.7 Å². The van der Waals surface area contributed by atoms with E-state index in [2.05, 4.69) is 22.3 Å². The minimum absolute atomic E-state index is 0.0469. The molecule has 24 heavy (non-hydrogen) atoms. The fourth-order valence-electron chi connectivity index (χ4n) is 3.27. The Balaban J connectivity index is 1.47. The molecule has 5 heteroatoms. The second-order valence-corrected chi connectivity index (χ2v) is 6.91. The molecule has 2 amide bonds. The summed E-state index contributed by atoms with van der Waals surface area (Å²) in [4.78, 5) is 29.0. The summed E-state index contributed by atoms with van der Waals surface area (Å²) in [5, 5.41) is 2.99. The van der Waals surface area contributed by atoms with Gasteiger partial charge in [-0.2, -0.15) is 0 Å². The van der Waals surface area contributed by atoms with Gasteiger partial charge in [-0.15, -0.1) is 0 Å². The van der Waals surface area contributed by atoms with Crippen molar-refractivity contribution in [2.24, 2.45) is 11.8 Å². The number of nitrogens with one attached hydrogen (secondary N) is 1. The summed E-state index contributed by atoms with van der Waals surface area (Å²) in [6.45, 7) is 7.24. The topological polar surface area (TPSA) is 52.7 Å². The molecule has 1 aromatic rings. The van der Waals surface area contributed by atoms with E-state index in [-0.39, 0.29) is 29.7 Å². The first-order valence-corrected chi connectivity index (χ1v) is 8.99. The fourth-order valence-corrected chi connectivity index (χ4v) is 3.27. The van der Waals surface area contributed by atoms with E-state index in [4.69, 9.17) is 0 Å². The van der Waals surface area contributed by atoms with Crippen LogP contribution in [0.3, 0.4) is 0 Å². The third-order valence-electron chi connectivity index (χ3n) is 5.16. The average molecular weight is 329 g/mol. The van der Waals surface area contributed by atoms with Gasteiger partial charge in [0.25, 0.3) is 0 Å². The number of hydrogen-bond acceptors (Lipinski definition) is 3. The lowest BCUT2D eigenvalue weighted by molar-refractivity contribution is -0.135. The minimum atomic E-state index is -0.112. The lowest BCUT2D eigenvalue weighted by Gasteiger charge is -2.36. The number of anilines is 1. The molecule has 1 saturated heterocycles. The highest BCUT2D eigenvalue weighted by molar-refractivity contribution is 5.92. The van der Waals surface area contributed by atoms with Gasteiger partial charge >= 0.3 is 0 Å².